The molecule has 0 aliphatic carbocycles. The molecule has 1 saturated heterocycles. The first-order valence-corrected chi connectivity index (χ1v) is 11.1. The van der Waals surface area contributed by atoms with Crippen molar-refractivity contribution in [3.05, 3.63) is 65.5 Å². The number of rotatable bonds is 7. The number of amides is 2. The van der Waals surface area contributed by atoms with Gasteiger partial charge in [-0.2, -0.15) is 0 Å². The Balaban J connectivity index is 1.59. The minimum absolute atomic E-state index is 0.0643. The number of hydrogen-bond donors (Lipinski definition) is 1. The van der Waals surface area contributed by atoms with Crippen LogP contribution < -0.4 is 10.1 Å². The molecule has 1 fully saturated rings. The molecule has 1 aliphatic heterocycles. The lowest BCUT2D eigenvalue weighted by atomic mass is 10.0. The number of nitrogens with one attached hydrogen (secondary N) is 1. The molecular formula is C25H32FN3O3. The summed E-state index contributed by atoms with van der Waals surface area (Å²) in [7, 11) is 1.65. The van der Waals surface area contributed by atoms with Crippen molar-refractivity contribution in [3.63, 3.8) is 0 Å². The van der Waals surface area contributed by atoms with E-state index in [4.69, 9.17) is 4.74 Å². The van der Waals surface area contributed by atoms with Crippen molar-refractivity contribution in [2.75, 3.05) is 33.3 Å². The van der Waals surface area contributed by atoms with Crippen molar-refractivity contribution in [1.82, 2.24) is 15.1 Å². The molecule has 1 heterocycles. The fraction of sp³-hybridized carbons (Fsp3) is 0.440. The molecule has 1 aliphatic rings. The summed E-state index contributed by atoms with van der Waals surface area (Å²) in [5.74, 6) is -0.0640. The number of benzene rings is 2. The van der Waals surface area contributed by atoms with E-state index < -0.39 is 11.9 Å². The number of carbonyl (C=O) groups excluding carboxylic acids is 2. The van der Waals surface area contributed by atoms with E-state index in [2.05, 4.69) is 22.3 Å². The summed E-state index contributed by atoms with van der Waals surface area (Å²) >= 11 is 0. The second kappa shape index (κ2) is 11.1. The molecule has 1 atom stereocenters. The van der Waals surface area contributed by atoms with E-state index in [1.54, 1.807) is 7.11 Å². The van der Waals surface area contributed by atoms with Crippen LogP contribution in [-0.2, 0) is 11.3 Å². The van der Waals surface area contributed by atoms with Crippen LogP contribution in [0.1, 0.15) is 36.2 Å². The Hall–Kier alpha value is -2.93. The Morgan fingerprint density at radius 2 is 1.69 bits per heavy atom. The lowest BCUT2D eigenvalue weighted by Gasteiger charge is -2.29. The van der Waals surface area contributed by atoms with Gasteiger partial charge in [-0.05, 0) is 54.3 Å². The number of hydrogen-bond acceptors (Lipinski definition) is 4. The zero-order valence-corrected chi connectivity index (χ0v) is 19.0. The summed E-state index contributed by atoms with van der Waals surface area (Å²) in [6.07, 6.45) is 0.874. The molecule has 0 spiro atoms. The molecule has 2 aromatic rings. The number of ether oxygens (including phenoxy) is 1. The van der Waals surface area contributed by atoms with Gasteiger partial charge in [0.15, 0.2) is 0 Å². The normalized spacial score (nSPS) is 15.8. The predicted octanol–water partition coefficient (Wildman–Crippen LogP) is 3.32. The zero-order chi connectivity index (χ0) is 23.1. The van der Waals surface area contributed by atoms with Crippen LogP contribution in [0.5, 0.6) is 5.75 Å². The van der Waals surface area contributed by atoms with Crippen LogP contribution in [-0.4, -0.2) is 60.9 Å². The smallest absolute Gasteiger partial charge is 0.251 e. The van der Waals surface area contributed by atoms with Crippen LogP contribution in [0, 0.1) is 11.7 Å². The van der Waals surface area contributed by atoms with Gasteiger partial charge >= 0.3 is 0 Å². The summed E-state index contributed by atoms with van der Waals surface area (Å²) in [6, 6.07) is 12.8. The minimum atomic E-state index is -0.624. The number of nitrogens with zero attached hydrogens (tertiary/aromatic N) is 2. The van der Waals surface area contributed by atoms with Crippen LogP contribution in [0.4, 0.5) is 4.39 Å². The van der Waals surface area contributed by atoms with E-state index in [9.17, 15) is 14.0 Å². The van der Waals surface area contributed by atoms with Crippen molar-refractivity contribution in [2.24, 2.45) is 5.92 Å². The molecule has 0 bridgehead atoms. The first kappa shape index (κ1) is 23.7. The molecule has 1 N–H and O–H groups in total. The van der Waals surface area contributed by atoms with Crippen LogP contribution >= 0.6 is 0 Å². The maximum absolute atomic E-state index is 13.3. The van der Waals surface area contributed by atoms with Gasteiger partial charge < -0.3 is 15.0 Å². The van der Waals surface area contributed by atoms with Crippen molar-refractivity contribution >= 4 is 11.8 Å². The van der Waals surface area contributed by atoms with Gasteiger partial charge in [0.1, 0.15) is 17.6 Å². The Bertz CT molecular complexity index is 900. The van der Waals surface area contributed by atoms with Crippen LogP contribution in [0.15, 0.2) is 48.5 Å². The summed E-state index contributed by atoms with van der Waals surface area (Å²) in [6.45, 7) is 7.61. The molecule has 7 heteroatoms. The average molecular weight is 442 g/mol. The van der Waals surface area contributed by atoms with Crippen molar-refractivity contribution in [3.8, 4) is 5.75 Å². The number of methoxy groups -OCH3 is 1. The lowest BCUT2D eigenvalue weighted by Crippen LogP contribution is -2.52. The van der Waals surface area contributed by atoms with Gasteiger partial charge in [0, 0.05) is 38.3 Å². The van der Waals surface area contributed by atoms with E-state index in [0.717, 1.165) is 31.8 Å². The van der Waals surface area contributed by atoms with Gasteiger partial charge in [0.05, 0.1) is 7.11 Å². The topological polar surface area (TPSA) is 61.9 Å². The third-order valence-corrected chi connectivity index (χ3v) is 5.79. The van der Waals surface area contributed by atoms with Crippen LogP contribution in [0.3, 0.4) is 0 Å². The van der Waals surface area contributed by atoms with Crippen molar-refractivity contribution < 1.29 is 18.7 Å². The highest BCUT2D eigenvalue weighted by Crippen LogP contribution is 2.16. The highest BCUT2D eigenvalue weighted by molar-refractivity contribution is 5.97. The minimum Gasteiger partial charge on any atom is -0.497 e. The molecule has 2 aromatic carbocycles. The number of carbonyl (C=O) groups is 2. The molecular weight excluding hydrogens is 409 g/mol. The van der Waals surface area contributed by atoms with Gasteiger partial charge in [-0.3, -0.25) is 14.5 Å². The van der Waals surface area contributed by atoms with Gasteiger partial charge in [-0.25, -0.2) is 4.39 Å². The third-order valence-electron chi connectivity index (χ3n) is 5.79. The lowest BCUT2D eigenvalue weighted by molar-refractivity contribution is -0.134. The molecule has 1 unspecified atom stereocenters. The Morgan fingerprint density at radius 1 is 1.00 bits per heavy atom. The fourth-order valence-corrected chi connectivity index (χ4v) is 3.87. The van der Waals surface area contributed by atoms with E-state index in [1.165, 1.54) is 29.8 Å². The third kappa shape index (κ3) is 6.29. The summed E-state index contributed by atoms with van der Waals surface area (Å²) in [5.41, 5.74) is 1.54. The molecule has 0 aromatic heterocycles. The quantitative estimate of drug-likeness (QED) is 0.716. The maximum Gasteiger partial charge on any atom is 0.251 e. The van der Waals surface area contributed by atoms with E-state index >= 15 is 0 Å². The van der Waals surface area contributed by atoms with Gasteiger partial charge in [-0.15, -0.1) is 0 Å². The summed E-state index contributed by atoms with van der Waals surface area (Å²) < 4.78 is 18.4. The van der Waals surface area contributed by atoms with Crippen LogP contribution in [0.2, 0.25) is 0 Å². The second-order valence-electron chi connectivity index (χ2n) is 8.51. The van der Waals surface area contributed by atoms with E-state index in [0.29, 0.717) is 18.7 Å². The largest absolute Gasteiger partial charge is 0.497 e. The van der Waals surface area contributed by atoms with Crippen LogP contribution in [0.25, 0.3) is 0 Å². The molecule has 2 amide bonds. The summed E-state index contributed by atoms with van der Waals surface area (Å²) in [5, 5.41) is 2.85. The predicted molar refractivity (Wildman–Crippen MR) is 122 cm³/mol. The molecule has 0 saturated carbocycles. The van der Waals surface area contributed by atoms with Gasteiger partial charge in [-0.1, -0.05) is 26.0 Å². The molecule has 32 heavy (non-hydrogen) atoms. The first-order chi connectivity index (χ1) is 15.4. The standard InChI is InChI=1S/C25H32FN3O3/c1-18(2)23(27-24(30)20-7-9-21(26)10-8-20)25(31)29-14-4-13-28(15-16-29)17-19-5-11-22(32-3)12-6-19/h5-12,18,23H,4,13-17H2,1-3H3,(H,27,30). The molecule has 6 nitrogen and oxygen atoms in total. The molecule has 0 radical (unpaired) electrons. The van der Waals surface area contributed by atoms with Crippen molar-refractivity contribution in [2.45, 2.75) is 32.9 Å². The second-order valence-corrected chi connectivity index (χ2v) is 8.51. The highest BCUT2D eigenvalue weighted by Gasteiger charge is 2.30. The van der Waals surface area contributed by atoms with Gasteiger partial charge in [0.2, 0.25) is 5.91 Å². The zero-order valence-electron chi connectivity index (χ0n) is 19.0. The number of halogens is 1. The van der Waals surface area contributed by atoms with E-state index in [1.807, 2.05) is 30.9 Å². The van der Waals surface area contributed by atoms with E-state index in [-0.39, 0.29) is 17.7 Å². The SMILES string of the molecule is COc1ccc(CN2CCCN(C(=O)C(NC(=O)c3ccc(F)cc3)C(C)C)CC2)cc1. The van der Waals surface area contributed by atoms with Crippen molar-refractivity contribution in [1.29, 1.82) is 0 Å². The summed E-state index contributed by atoms with van der Waals surface area (Å²) in [4.78, 5) is 30.1. The average Bonchev–Trinajstić information content (AvgIpc) is 3.03. The fourth-order valence-electron chi connectivity index (χ4n) is 3.87. The van der Waals surface area contributed by atoms with Gasteiger partial charge in [0.25, 0.3) is 5.91 Å². The monoisotopic (exact) mass is 441 g/mol. The molecule has 172 valence electrons. The highest BCUT2D eigenvalue weighted by atomic mass is 19.1. The Kier molecular flexibility index (Phi) is 8.22. The Labute approximate surface area is 189 Å². The molecule has 3 rings (SSSR count). The maximum atomic E-state index is 13.3. The first-order valence-electron chi connectivity index (χ1n) is 11.1. The Morgan fingerprint density at radius 3 is 2.31 bits per heavy atom.